The Morgan fingerprint density at radius 3 is 2.06 bits per heavy atom. The van der Waals surface area contributed by atoms with Gasteiger partial charge in [-0.2, -0.15) is 11.8 Å². The van der Waals surface area contributed by atoms with E-state index < -0.39 is 29.5 Å². The van der Waals surface area contributed by atoms with Gasteiger partial charge in [0.1, 0.15) is 5.54 Å². The van der Waals surface area contributed by atoms with E-state index in [-0.39, 0.29) is 59.2 Å². The molecule has 0 aromatic rings. The second kappa shape index (κ2) is 18.8. The van der Waals surface area contributed by atoms with Crippen LogP contribution in [0.3, 0.4) is 0 Å². The highest BCUT2D eigenvalue weighted by Gasteiger charge is 2.55. The molecule has 0 radical (unpaired) electrons. The predicted molar refractivity (Wildman–Crippen MR) is 192 cm³/mol. The van der Waals surface area contributed by atoms with Crippen LogP contribution in [0.5, 0.6) is 0 Å². The SMILES string of the molecule is CCC(C)C(C(CC(=O)N1CCCC1C(CC(=O)NC1CCCCC1)SC)OC)N(C)C(=O)C(C(C)C)C(C(N)=O)(C(C)C)N(C)C. The molecule has 1 saturated carbocycles. The summed E-state index contributed by atoms with van der Waals surface area (Å²) in [4.78, 5) is 60.4. The number of primary amides is 1. The summed E-state index contributed by atoms with van der Waals surface area (Å²) in [6, 6.07) is -0.163. The fourth-order valence-corrected chi connectivity index (χ4v) is 9.53. The normalized spacial score (nSPS) is 22.1. The van der Waals surface area contributed by atoms with Crippen molar-refractivity contribution in [2.45, 2.75) is 141 Å². The minimum absolute atomic E-state index is 0.0106. The second-order valence-corrected chi connectivity index (χ2v) is 16.0. The average molecular weight is 682 g/mol. The standard InChI is InChI=1S/C36H67N5O5S/c1-12-25(6)33(40(9)34(44)32(23(2)3)36(24(4)5,35(37)45)39(7)8)28(46-10)21-31(43)41-20-16-19-27(41)29(47-11)22-30(42)38-26-17-14-13-15-18-26/h23-29,32-33H,12-22H2,1-11H3,(H2,37,45)(H,38,42). The minimum atomic E-state index is -1.20. The van der Waals surface area contributed by atoms with Crippen molar-refractivity contribution in [2.75, 3.05) is 41.1 Å². The van der Waals surface area contributed by atoms with Gasteiger partial charge in [-0.1, -0.05) is 67.2 Å². The number of likely N-dealkylation sites (tertiary alicyclic amines) is 1. The Morgan fingerprint density at radius 2 is 1.60 bits per heavy atom. The number of hydrogen-bond acceptors (Lipinski definition) is 7. The molecule has 1 aliphatic heterocycles. The number of hydrogen-bond donors (Lipinski definition) is 2. The Balaban J connectivity index is 2.32. The lowest BCUT2D eigenvalue weighted by Crippen LogP contribution is -2.68. The third kappa shape index (κ3) is 9.65. The molecule has 10 nitrogen and oxygen atoms in total. The van der Waals surface area contributed by atoms with E-state index in [0.717, 1.165) is 32.1 Å². The van der Waals surface area contributed by atoms with Crippen LogP contribution in [-0.4, -0.2) is 114 Å². The lowest BCUT2D eigenvalue weighted by atomic mass is 9.68. The van der Waals surface area contributed by atoms with Crippen LogP contribution in [0.4, 0.5) is 0 Å². The molecule has 2 rings (SSSR count). The van der Waals surface area contributed by atoms with Gasteiger partial charge in [-0.05, 0) is 63.8 Å². The third-order valence-corrected chi connectivity index (χ3v) is 12.3. The fraction of sp³-hybridized carbons (Fsp3) is 0.889. The van der Waals surface area contributed by atoms with Gasteiger partial charge in [0.15, 0.2) is 0 Å². The van der Waals surface area contributed by atoms with Gasteiger partial charge in [0.2, 0.25) is 23.6 Å². The molecular formula is C36H67N5O5S. The van der Waals surface area contributed by atoms with Crippen LogP contribution in [-0.2, 0) is 23.9 Å². The number of rotatable bonds is 18. The molecule has 47 heavy (non-hydrogen) atoms. The van der Waals surface area contributed by atoms with Gasteiger partial charge in [0, 0.05) is 44.5 Å². The number of thioether (sulfide) groups is 1. The highest BCUT2D eigenvalue weighted by molar-refractivity contribution is 7.99. The van der Waals surface area contributed by atoms with Gasteiger partial charge in [-0.25, -0.2) is 0 Å². The summed E-state index contributed by atoms with van der Waals surface area (Å²) in [7, 11) is 7.00. The maximum Gasteiger partial charge on any atom is 0.239 e. The first-order chi connectivity index (χ1) is 22.1. The number of likely N-dealkylation sites (N-methyl/N-ethyl adjacent to an activating group) is 2. The number of carbonyl (C=O) groups is 4. The first-order valence-corrected chi connectivity index (χ1v) is 19.3. The zero-order valence-electron chi connectivity index (χ0n) is 31.3. The van der Waals surface area contributed by atoms with E-state index in [0.29, 0.717) is 13.0 Å². The molecule has 272 valence electrons. The summed E-state index contributed by atoms with van der Waals surface area (Å²) in [6.45, 7) is 12.6. The van der Waals surface area contributed by atoms with Gasteiger partial charge in [0.25, 0.3) is 0 Å². The zero-order chi connectivity index (χ0) is 35.6. The van der Waals surface area contributed by atoms with Crippen molar-refractivity contribution >= 4 is 35.4 Å². The van der Waals surface area contributed by atoms with Crippen molar-refractivity contribution in [1.29, 1.82) is 0 Å². The van der Waals surface area contributed by atoms with Crippen molar-refractivity contribution in [3.05, 3.63) is 0 Å². The van der Waals surface area contributed by atoms with Crippen molar-refractivity contribution in [1.82, 2.24) is 20.0 Å². The van der Waals surface area contributed by atoms with E-state index in [1.165, 1.54) is 19.3 Å². The summed E-state index contributed by atoms with van der Waals surface area (Å²) < 4.78 is 6.06. The molecule has 2 aliphatic rings. The highest BCUT2D eigenvalue weighted by atomic mass is 32.2. The molecule has 11 heteroatoms. The van der Waals surface area contributed by atoms with Crippen molar-refractivity contribution in [3.8, 4) is 0 Å². The average Bonchev–Trinajstić information content (AvgIpc) is 3.51. The number of nitrogens with zero attached hydrogens (tertiary/aromatic N) is 3. The lowest BCUT2D eigenvalue weighted by molar-refractivity contribution is -0.159. The molecule has 7 atom stereocenters. The molecule has 1 aliphatic carbocycles. The maximum absolute atomic E-state index is 14.6. The van der Waals surface area contributed by atoms with Gasteiger partial charge in [-0.3, -0.25) is 24.1 Å². The van der Waals surface area contributed by atoms with E-state index in [4.69, 9.17) is 10.5 Å². The van der Waals surface area contributed by atoms with Crippen molar-refractivity contribution in [3.63, 3.8) is 0 Å². The first-order valence-electron chi connectivity index (χ1n) is 18.0. The topological polar surface area (TPSA) is 125 Å². The summed E-state index contributed by atoms with van der Waals surface area (Å²) in [5.41, 5.74) is 4.91. The van der Waals surface area contributed by atoms with Crippen molar-refractivity contribution in [2.24, 2.45) is 29.4 Å². The van der Waals surface area contributed by atoms with E-state index in [2.05, 4.69) is 19.2 Å². The summed E-state index contributed by atoms with van der Waals surface area (Å²) in [5, 5.41) is 3.26. The van der Waals surface area contributed by atoms with Gasteiger partial charge in [-0.15, -0.1) is 0 Å². The van der Waals surface area contributed by atoms with Gasteiger partial charge < -0.3 is 25.6 Å². The molecule has 0 spiro atoms. The molecule has 4 amide bonds. The molecule has 7 unspecified atom stereocenters. The zero-order valence-corrected chi connectivity index (χ0v) is 32.2. The lowest BCUT2D eigenvalue weighted by Gasteiger charge is -2.49. The van der Waals surface area contributed by atoms with Crippen LogP contribution in [0.1, 0.15) is 106 Å². The Labute approximate surface area is 290 Å². The van der Waals surface area contributed by atoms with Crippen LogP contribution < -0.4 is 11.1 Å². The predicted octanol–water partition coefficient (Wildman–Crippen LogP) is 4.54. The van der Waals surface area contributed by atoms with E-state index in [1.54, 1.807) is 35.7 Å². The quantitative estimate of drug-likeness (QED) is 0.218. The molecule has 1 heterocycles. The van der Waals surface area contributed by atoms with Crippen LogP contribution in [0.15, 0.2) is 0 Å². The van der Waals surface area contributed by atoms with Gasteiger partial charge in [0.05, 0.1) is 24.5 Å². The highest BCUT2D eigenvalue weighted by Crippen LogP contribution is 2.39. The third-order valence-electron chi connectivity index (χ3n) is 11.2. The Morgan fingerprint density at radius 1 is 0.979 bits per heavy atom. The number of methoxy groups -OCH3 is 1. The van der Waals surface area contributed by atoms with E-state index in [9.17, 15) is 19.2 Å². The Hall–Kier alpha value is -1.85. The molecule has 1 saturated heterocycles. The molecule has 3 N–H and O–H groups in total. The van der Waals surface area contributed by atoms with E-state index >= 15 is 0 Å². The molecular weight excluding hydrogens is 614 g/mol. The van der Waals surface area contributed by atoms with Crippen LogP contribution >= 0.6 is 11.8 Å². The van der Waals surface area contributed by atoms with Crippen LogP contribution in [0.25, 0.3) is 0 Å². The Kier molecular flexibility index (Phi) is 16.5. The Bertz CT molecular complexity index is 1030. The van der Waals surface area contributed by atoms with Gasteiger partial charge >= 0.3 is 0 Å². The molecule has 2 fully saturated rings. The monoisotopic (exact) mass is 681 g/mol. The number of nitrogens with two attached hydrogens (primary N) is 1. The maximum atomic E-state index is 14.6. The van der Waals surface area contributed by atoms with Crippen LogP contribution in [0, 0.1) is 23.7 Å². The number of nitrogens with one attached hydrogen (secondary N) is 1. The summed E-state index contributed by atoms with van der Waals surface area (Å²) in [6.07, 6.45) is 10.2. The number of carbonyl (C=O) groups excluding carboxylic acids is 4. The summed E-state index contributed by atoms with van der Waals surface area (Å²) >= 11 is 1.66. The van der Waals surface area contributed by atoms with E-state index in [1.807, 2.05) is 52.9 Å². The smallest absolute Gasteiger partial charge is 0.239 e. The molecule has 0 aromatic carbocycles. The minimum Gasteiger partial charge on any atom is -0.379 e. The second-order valence-electron chi connectivity index (χ2n) is 14.9. The number of ether oxygens (including phenoxy) is 1. The largest absolute Gasteiger partial charge is 0.379 e. The van der Waals surface area contributed by atoms with Crippen LogP contribution in [0.2, 0.25) is 0 Å². The molecule has 0 aromatic heterocycles. The molecule has 0 bridgehead atoms. The first kappa shape index (κ1) is 41.3. The number of amides is 4. The van der Waals surface area contributed by atoms with Crippen molar-refractivity contribution < 1.29 is 23.9 Å². The summed E-state index contributed by atoms with van der Waals surface area (Å²) in [5.74, 6) is -1.71. The fourth-order valence-electron chi connectivity index (χ4n) is 8.61.